The minimum absolute atomic E-state index is 1.02. The highest BCUT2D eigenvalue weighted by atomic mass is 15.3. The van der Waals surface area contributed by atoms with Crippen LogP contribution in [0.3, 0.4) is 0 Å². The molecule has 0 atom stereocenters. The Balaban J connectivity index is 2.27. The van der Waals surface area contributed by atoms with Crippen LogP contribution in [0.25, 0.3) is 12.4 Å². The van der Waals surface area contributed by atoms with Gasteiger partial charge in [-0.05, 0) is 39.8 Å². The third kappa shape index (κ3) is 2.05. The van der Waals surface area contributed by atoms with Crippen LogP contribution in [0.4, 0.5) is 0 Å². The van der Waals surface area contributed by atoms with Crippen LogP contribution in [-0.2, 0) is 0 Å². The fraction of sp³-hybridized carbons (Fsp3) is 0.333. The lowest BCUT2D eigenvalue weighted by atomic mass is 10.4. The van der Waals surface area contributed by atoms with E-state index >= 15 is 0 Å². The zero-order valence-corrected chi connectivity index (χ0v) is 10.1. The molecular weight excluding hydrogens is 200 g/mol. The van der Waals surface area contributed by atoms with E-state index in [1.165, 1.54) is 0 Å². The van der Waals surface area contributed by atoms with Crippen molar-refractivity contribution in [3.63, 3.8) is 0 Å². The Bertz CT molecular complexity index is 483. The molecule has 16 heavy (non-hydrogen) atoms. The third-order valence-electron chi connectivity index (χ3n) is 2.44. The highest BCUT2D eigenvalue weighted by Gasteiger charge is 1.98. The molecule has 4 nitrogen and oxygen atoms in total. The van der Waals surface area contributed by atoms with Crippen LogP contribution in [0.1, 0.15) is 22.8 Å². The first-order chi connectivity index (χ1) is 7.56. The Labute approximate surface area is 95.2 Å². The van der Waals surface area contributed by atoms with Gasteiger partial charge in [-0.25, -0.2) is 9.36 Å². The third-order valence-corrected chi connectivity index (χ3v) is 2.44. The molecule has 0 N–H and O–H groups in total. The maximum atomic E-state index is 4.35. The van der Waals surface area contributed by atoms with Gasteiger partial charge in [-0.1, -0.05) is 0 Å². The molecule has 2 aromatic rings. The lowest BCUT2D eigenvalue weighted by Crippen LogP contribution is -1.96. The Morgan fingerprint density at radius 2 is 1.19 bits per heavy atom. The van der Waals surface area contributed by atoms with Gasteiger partial charge in [0.05, 0.1) is 11.4 Å². The van der Waals surface area contributed by atoms with Gasteiger partial charge in [-0.15, -0.1) is 0 Å². The van der Waals surface area contributed by atoms with Gasteiger partial charge in [0.1, 0.15) is 0 Å². The van der Waals surface area contributed by atoms with Crippen LogP contribution in [0.2, 0.25) is 0 Å². The van der Waals surface area contributed by atoms with Crippen LogP contribution in [-0.4, -0.2) is 19.6 Å². The maximum absolute atomic E-state index is 4.35. The molecule has 2 heterocycles. The van der Waals surface area contributed by atoms with E-state index in [1.807, 2.05) is 61.6 Å². The zero-order valence-electron chi connectivity index (χ0n) is 10.1. The van der Waals surface area contributed by atoms with Crippen LogP contribution in [0.5, 0.6) is 0 Å². The molecule has 0 unspecified atom stereocenters. The summed E-state index contributed by atoms with van der Waals surface area (Å²) in [5.74, 6) is 0. The Kier molecular flexibility index (Phi) is 2.64. The Hall–Kier alpha value is -1.84. The summed E-state index contributed by atoms with van der Waals surface area (Å²) in [6, 6.07) is 4.09. The topological polar surface area (TPSA) is 35.6 Å². The summed E-state index contributed by atoms with van der Waals surface area (Å²) in [6.45, 7) is 8.04. The van der Waals surface area contributed by atoms with Crippen molar-refractivity contribution in [3.05, 3.63) is 34.9 Å². The van der Waals surface area contributed by atoms with E-state index in [-0.39, 0.29) is 0 Å². The molecule has 2 aromatic heterocycles. The van der Waals surface area contributed by atoms with E-state index in [9.17, 15) is 0 Å². The second-order valence-corrected chi connectivity index (χ2v) is 4.04. The van der Waals surface area contributed by atoms with Crippen molar-refractivity contribution in [2.75, 3.05) is 0 Å². The average Bonchev–Trinajstić information content (AvgIpc) is 2.66. The monoisotopic (exact) mass is 216 g/mol. The number of nitrogens with zero attached hydrogens (tertiary/aromatic N) is 4. The van der Waals surface area contributed by atoms with Crippen molar-refractivity contribution >= 4 is 12.4 Å². The molecule has 0 radical (unpaired) electrons. The van der Waals surface area contributed by atoms with Gasteiger partial charge < -0.3 is 0 Å². The van der Waals surface area contributed by atoms with E-state index in [1.54, 1.807) is 0 Å². The second kappa shape index (κ2) is 3.96. The molecule has 0 saturated heterocycles. The lowest BCUT2D eigenvalue weighted by Gasteiger charge is -1.97. The average molecular weight is 216 g/mol. The van der Waals surface area contributed by atoms with Gasteiger partial charge >= 0.3 is 0 Å². The fourth-order valence-corrected chi connectivity index (χ4v) is 1.72. The van der Waals surface area contributed by atoms with Gasteiger partial charge in [0, 0.05) is 23.8 Å². The number of aromatic nitrogens is 4. The predicted octanol–water partition coefficient (Wildman–Crippen LogP) is 2.40. The highest BCUT2D eigenvalue weighted by molar-refractivity contribution is 5.45. The van der Waals surface area contributed by atoms with Crippen molar-refractivity contribution < 1.29 is 0 Å². The summed E-state index contributed by atoms with van der Waals surface area (Å²) in [6.07, 6.45) is 3.84. The zero-order chi connectivity index (χ0) is 11.7. The summed E-state index contributed by atoms with van der Waals surface area (Å²) in [4.78, 5) is 0. The van der Waals surface area contributed by atoms with E-state index in [4.69, 9.17) is 0 Å². The van der Waals surface area contributed by atoms with E-state index in [2.05, 4.69) is 10.2 Å². The first kappa shape index (κ1) is 10.7. The molecule has 0 bridgehead atoms. The molecular formula is C12H16N4. The maximum Gasteiger partial charge on any atom is 0.0600 e. The molecule has 0 spiro atoms. The Morgan fingerprint density at radius 3 is 1.44 bits per heavy atom. The minimum Gasteiger partial charge on any atom is -0.244 e. The number of hydrogen-bond donors (Lipinski definition) is 0. The molecule has 4 heteroatoms. The SMILES string of the molecule is Cc1cc(C)n(/C=C/n2nc(C)cc2C)n1. The first-order valence-electron chi connectivity index (χ1n) is 5.30. The fourth-order valence-electron chi connectivity index (χ4n) is 1.72. The van der Waals surface area contributed by atoms with E-state index in [0.717, 1.165) is 22.8 Å². The quantitative estimate of drug-likeness (QED) is 0.772. The lowest BCUT2D eigenvalue weighted by molar-refractivity contribution is 0.855. The summed E-state index contributed by atoms with van der Waals surface area (Å²) >= 11 is 0. The molecule has 0 amide bonds. The predicted molar refractivity (Wildman–Crippen MR) is 64.9 cm³/mol. The molecule has 84 valence electrons. The Morgan fingerprint density at radius 1 is 0.812 bits per heavy atom. The number of rotatable bonds is 2. The van der Waals surface area contributed by atoms with Crippen LogP contribution < -0.4 is 0 Å². The van der Waals surface area contributed by atoms with Gasteiger partial charge in [0.2, 0.25) is 0 Å². The van der Waals surface area contributed by atoms with E-state index < -0.39 is 0 Å². The summed E-state index contributed by atoms with van der Waals surface area (Å²) in [5.41, 5.74) is 4.29. The molecule has 0 aliphatic rings. The normalized spacial score (nSPS) is 11.5. The summed E-state index contributed by atoms with van der Waals surface area (Å²) < 4.78 is 3.71. The number of aryl methyl sites for hydroxylation is 4. The van der Waals surface area contributed by atoms with Gasteiger partial charge in [-0.2, -0.15) is 10.2 Å². The van der Waals surface area contributed by atoms with Gasteiger partial charge in [-0.3, -0.25) is 0 Å². The molecule has 0 saturated carbocycles. The molecule has 0 aromatic carbocycles. The molecule has 0 aliphatic heterocycles. The molecule has 0 aliphatic carbocycles. The minimum atomic E-state index is 1.02. The van der Waals surface area contributed by atoms with Crippen molar-refractivity contribution in [3.8, 4) is 0 Å². The van der Waals surface area contributed by atoms with Gasteiger partial charge in [0.15, 0.2) is 0 Å². The van der Waals surface area contributed by atoms with Crippen LogP contribution >= 0.6 is 0 Å². The summed E-state index contributed by atoms with van der Waals surface area (Å²) in [7, 11) is 0. The van der Waals surface area contributed by atoms with Crippen molar-refractivity contribution in [2.45, 2.75) is 27.7 Å². The van der Waals surface area contributed by atoms with E-state index in [0.29, 0.717) is 0 Å². The standard InChI is InChI=1S/C12H16N4/c1-9-7-11(3)15(13-9)5-6-16-12(4)8-10(2)14-16/h5-8H,1-4H3/b6-5+. The van der Waals surface area contributed by atoms with Crippen molar-refractivity contribution in [2.24, 2.45) is 0 Å². The van der Waals surface area contributed by atoms with Crippen molar-refractivity contribution in [1.82, 2.24) is 19.6 Å². The van der Waals surface area contributed by atoms with Gasteiger partial charge in [0.25, 0.3) is 0 Å². The molecule has 0 fully saturated rings. The largest absolute Gasteiger partial charge is 0.244 e. The second-order valence-electron chi connectivity index (χ2n) is 4.04. The highest BCUT2D eigenvalue weighted by Crippen LogP contribution is 2.05. The smallest absolute Gasteiger partial charge is 0.0600 e. The first-order valence-corrected chi connectivity index (χ1v) is 5.30. The molecule has 2 rings (SSSR count). The van der Waals surface area contributed by atoms with Crippen LogP contribution in [0, 0.1) is 27.7 Å². The number of hydrogen-bond acceptors (Lipinski definition) is 2. The summed E-state index contributed by atoms with van der Waals surface area (Å²) in [5, 5.41) is 8.70. The van der Waals surface area contributed by atoms with Crippen molar-refractivity contribution in [1.29, 1.82) is 0 Å². The van der Waals surface area contributed by atoms with Crippen LogP contribution in [0.15, 0.2) is 12.1 Å².